The number of aromatic nitrogens is 1. The van der Waals surface area contributed by atoms with Gasteiger partial charge in [0.2, 0.25) is 5.91 Å². The number of nitrogens with zero attached hydrogens (tertiary/aromatic N) is 1. The van der Waals surface area contributed by atoms with Crippen LogP contribution in [0.1, 0.15) is 11.1 Å². The van der Waals surface area contributed by atoms with Crippen LogP contribution in [0.4, 0.5) is 0 Å². The lowest BCUT2D eigenvalue weighted by Crippen LogP contribution is -2.14. The first-order valence-electron chi connectivity index (χ1n) is 7.16. The molecule has 23 heavy (non-hydrogen) atoms. The van der Waals surface area contributed by atoms with E-state index in [4.69, 9.17) is 22.1 Å². The molecule has 2 aromatic carbocycles. The van der Waals surface area contributed by atoms with E-state index in [-0.39, 0.29) is 6.42 Å². The molecule has 0 saturated carbocycles. The molecule has 5 heteroatoms. The predicted molar refractivity (Wildman–Crippen MR) is 90.4 cm³/mol. The van der Waals surface area contributed by atoms with Crippen molar-refractivity contribution in [2.45, 2.75) is 13.0 Å². The van der Waals surface area contributed by atoms with Gasteiger partial charge in [-0.05, 0) is 18.2 Å². The van der Waals surface area contributed by atoms with Crippen molar-refractivity contribution in [2.24, 2.45) is 5.73 Å². The van der Waals surface area contributed by atoms with E-state index in [2.05, 4.69) is 4.98 Å². The van der Waals surface area contributed by atoms with Crippen molar-refractivity contribution < 1.29 is 9.53 Å². The fourth-order valence-electron chi connectivity index (χ4n) is 2.46. The summed E-state index contributed by atoms with van der Waals surface area (Å²) in [5.74, 6) is 0.252. The first-order chi connectivity index (χ1) is 11.1. The number of rotatable bonds is 5. The van der Waals surface area contributed by atoms with Crippen LogP contribution in [-0.4, -0.2) is 10.9 Å². The summed E-state index contributed by atoms with van der Waals surface area (Å²) in [5, 5.41) is 1.41. The molecule has 1 heterocycles. The van der Waals surface area contributed by atoms with Gasteiger partial charge in [-0.25, -0.2) is 4.98 Å². The number of ether oxygens (including phenoxy) is 1. The highest BCUT2D eigenvalue weighted by atomic mass is 35.5. The molecular formula is C18H15ClN2O2. The average Bonchev–Trinajstić information content (AvgIpc) is 2.53. The molecule has 0 saturated heterocycles. The number of carbonyl (C=O) groups excluding carboxylic acids is 1. The second-order valence-corrected chi connectivity index (χ2v) is 5.55. The highest BCUT2D eigenvalue weighted by molar-refractivity contribution is 6.29. The van der Waals surface area contributed by atoms with E-state index >= 15 is 0 Å². The number of amides is 1. The molecule has 3 rings (SSSR count). The summed E-state index contributed by atoms with van der Waals surface area (Å²) in [6.07, 6.45) is 0.147. The van der Waals surface area contributed by atoms with Gasteiger partial charge in [0.05, 0.1) is 11.9 Å². The Kier molecular flexibility index (Phi) is 4.44. The molecule has 0 aliphatic rings. The Bertz CT molecular complexity index is 865. The number of primary amides is 1. The highest BCUT2D eigenvalue weighted by Crippen LogP contribution is 2.24. The Hall–Kier alpha value is -2.59. The van der Waals surface area contributed by atoms with Crippen molar-refractivity contribution in [2.75, 3.05) is 0 Å². The number of pyridine rings is 1. The van der Waals surface area contributed by atoms with Crippen molar-refractivity contribution in [1.82, 2.24) is 4.98 Å². The van der Waals surface area contributed by atoms with Crippen molar-refractivity contribution >= 4 is 28.4 Å². The van der Waals surface area contributed by atoms with Gasteiger partial charge in [-0.1, -0.05) is 48.0 Å². The first-order valence-corrected chi connectivity index (χ1v) is 7.54. The maximum atomic E-state index is 11.2. The zero-order valence-electron chi connectivity index (χ0n) is 12.3. The fraction of sp³-hybridized carbons (Fsp3) is 0.111. The predicted octanol–water partition coefficient (Wildman–Crippen LogP) is 3.50. The van der Waals surface area contributed by atoms with Crippen LogP contribution in [0, 0.1) is 0 Å². The third-order valence-corrected chi connectivity index (χ3v) is 3.68. The van der Waals surface area contributed by atoms with Crippen LogP contribution in [0.5, 0.6) is 5.75 Å². The number of hydrogen-bond donors (Lipinski definition) is 1. The monoisotopic (exact) mass is 326 g/mol. The quantitative estimate of drug-likeness (QED) is 0.730. The molecule has 1 amide bonds. The summed E-state index contributed by atoms with van der Waals surface area (Å²) in [6, 6.07) is 16.9. The first kappa shape index (κ1) is 15.3. The normalized spacial score (nSPS) is 10.7. The third-order valence-electron chi connectivity index (χ3n) is 3.49. The largest absolute Gasteiger partial charge is 0.489 e. The maximum Gasteiger partial charge on any atom is 0.221 e. The van der Waals surface area contributed by atoms with E-state index in [9.17, 15) is 4.79 Å². The molecule has 1 aromatic heterocycles. The lowest BCUT2D eigenvalue weighted by atomic mass is 10.1. The summed E-state index contributed by atoms with van der Waals surface area (Å²) in [4.78, 5) is 15.5. The minimum Gasteiger partial charge on any atom is -0.489 e. The van der Waals surface area contributed by atoms with E-state index in [1.165, 1.54) is 0 Å². The second-order valence-electron chi connectivity index (χ2n) is 5.16. The molecule has 4 nitrogen and oxygen atoms in total. The molecular weight excluding hydrogens is 312 g/mol. The van der Waals surface area contributed by atoms with Crippen LogP contribution < -0.4 is 10.5 Å². The summed E-state index contributed by atoms with van der Waals surface area (Å²) in [5.41, 5.74) is 7.81. The summed E-state index contributed by atoms with van der Waals surface area (Å²) in [6.45, 7) is 0.332. The lowest BCUT2D eigenvalue weighted by molar-refractivity contribution is -0.117. The molecule has 0 radical (unpaired) electrons. The molecule has 0 bridgehead atoms. The molecule has 0 aliphatic heterocycles. The minimum absolute atomic E-state index is 0.147. The van der Waals surface area contributed by atoms with Crippen LogP contribution >= 0.6 is 11.6 Å². The van der Waals surface area contributed by atoms with Crippen LogP contribution in [0.15, 0.2) is 54.6 Å². The number of para-hydroxylation sites is 2. The van der Waals surface area contributed by atoms with Crippen LogP contribution in [-0.2, 0) is 17.8 Å². The molecule has 3 aromatic rings. The van der Waals surface area contributed by atoms with Gasteiger partial charge in [-0.2, -0.15) is 0 Å². The van der Waals surface area contributed by atoms with Gasteiger partial charge in [0.1, 0.15) is 17.5 Å². The number of fused-ring (bicyclic) bond motifs is 1. The summed E-state index contributed by atoms with van der Waals surface area (Å²) < 4.78 is 5.89. The van der Waals surface area contributed by atoms with Crippen molar-refractivity contribution in [3.05, 3.63) is 70.9 Å². The minimum atomic E-state index is -0.390. The maximum absolute atomic E-state index is 11.2. The third kappa shape index (κ3) is 3.60. The topological polar surface area (TPSA) is 65.2 Å². The van der Waals surface area contributed by atoms with E-state index in [0.29, 0.717) is 17.5 Å². The van der Waals surface area contributed by atoms with E-state index in [1.54, 1.807) is 6.07 Å². The second kappa shape index (κ2) is 6.67. The molecule has 0 spiro atoms. The summed E-state index contributed by atoms with van der Waals surface area (Å²) >= 11 is 6.08. The Balaban J connectivity index is 1.88. The number of carbonyl (C=O) groups is 1. The van der Waals surface area contributed by atoms with Crippen molar-refractivity contribution in [3.63, 3.8) is 0 Å². The van der Waals surface area contributed by atoms with Gasteiger partial charge in [-0.3, -0.25) is 4.79 Å². The number of benzene rings is 2. The Labute approximate surface area is 138 Å². The average molecular weight is 327 g/mol. The number of nitrogens with two attached hydrogens (primary N) is 1. The van der Waals surface area contributed by atoms with Crippen LogP contribution in [0.3, 0.4) is 0 Å². The Morgan fingerprint density at radius 3 is 2.65 bits per heavy atom. The van der Waals surface area contributed by atoms with Gasteiger partial charge < -0.3 is 10.5 Å². The summed E-state index contributed by atoms with van der Waals surface area (Å²) in [7, 11) is 0. The number of halogens is 1. The van der Waals surface area contributed by atoms with Crippen LogP contribution in [0.2, 0.25) is 5.15 Å². The smallest absolute Gasteiger partial charge is 0.221 e. The Morgan fingerprint density at radius 1 is 1.09 bits per heavy atom. The molecule has 0 fully saturated rings. The van der Waals surface area contributed by atoms with Gasteiger partial charge in [0.25, 0.3) is 0 Å². The van der Waals surface area contributed by atoms with E-state index in [0.717, 1.165) is 22.0 Å². The van der Waals surface area contributed by atoms with Gasteiger partial charge >= 0.3 is 0 Å². The van der Waals surface area contributed by atoms with Gasteiger partial charge in [-0.15, -0.1) is 0 Å². The van der Waals surface area contributed by atoms with E-state index < -0.39 is 5.91 Å². The van der Waals surface area contributed by atoms with Gasteiger partial charge in [0.15, 0.2) is 0 Å². The zero-order valence-corrected chi connectivity index (χ0v) is 13.1. The molecule has 0 aliphatic carbocycles. The SMILES string of the molecule is NC(=O)Cc1ccccc1OCc1cc(Cl)nc2ccccc12. The Morgan fingerprint density at radius 2 is 1.83 bits per heavy atom. The van der Waals surface area contributed by atoms with Crippen molar-refractivity contribution in [3.8, 4) is 5.75 Å². The molecule has 116 valence electrons. The highest BCUT2D eigenvalue weighted by Gasteiger charge is 2.09. The van der Waals surface area contributed by atoms with Crippen molar-refractivity contribution in [1.29, 1.82) is 0 Å². The molecule has 0 unspecified atom stereocenters. The fourth-order valence-corrected chi connectivity index (χ4v) is 2.69. The standard InChI is InChI=1S/C18H15ClN2O2/c19-17-9-13(14-6-2-3-7-15(14)21-17)11-23-16-8-4-1-5-12(16)10-18(20)22/h1-9H,10-11H2,(H2,20,22). The van der Waals surface area contributed by atoms with Gasteiger partial charge in [0, 0.05) is 16.5 Å². The lowest BCUT2D eigenvalue weighted by Gasteiger charge is -2.12. The van der Waals surface area contributed by atoms with E-state index in [1.807, 2.05) is 48.5 Å². The van der Waals surface area contributed by atoms with Crippen LogP contribution in [0.25, 0.3) is 10.9 Å². The molecule has 2 N–H and O–H groups in total. The number of hydrogen-bond acceptors (Lipinski definition) is 3. The zero-order chi connectivity index (χ0) is 16.2. The molecule has 0 atom stereocenters.